The molecule has 1 N–H and O–H groups in total. The molecule has 6 nitrogen and oxygen atoms in total. The Morgan fingerprint density at radius 3 is 2.56 bits per heavy atom. The summed E-state index contributed by atoms with van der Waals surface area (Å²) in [4.78, 5) is 28.2. The molecule has 10 heteroatoms. The minimum atomic E-state index is -4.42. The van der Waals surface area contributed by atoms with Crippen LogP contribution in [0.25, 0.3) is 6.08 Å². The lowest BCUT2D eigenvalue weighted by Crippen LogP contribution is -2.31. The van der Waals surface area contributed by atoms with E-state index in [0.29, 0.717) is 33.2 Å². The molecule has 2 heterocycles. The molecule has 0 unspecified atom stereocenters. The average Bonchev–Trinajstić information content (AvgIpc) is 3.33. The third-order valence-corrected chi connectivity index (χ3v) is 6.82. The second-order valence-corrected chi connectivity index (χ2v) is 9.23. The Balaban J connectivity index is 1.30. The molecular formula is C26H19F3N2O4S. The Morgan fingerprint density at radius 1 is 1.06 bits per heavy atom. The Labute approximate surface area is 208 Å². The number of nitrogens with one attached hydrogen (secondary N) is 1. The zero-order chi connectivity index (χ0) is 25.4. The van der Waals surface area contributed by atoms with E-state index in [1.165, 1.54) is 28.8 Å². The SMILES string of the molecule is CN1C(=O)/C(=C\c2ccc(C(F)(F)F)cc2)Sc2ccc(C(=O)NCc3ccc4c(c3)OCO4)cc21. The number of fused-ring (bicyclic) bond motifs is 2. The van der Waals surface area contributed by atoms with Crippen molar-refractivity contribution in [2.75, 3.05) is 18.7 Å². The highest BCUT2D eigenvalue weighted by Gasteiger charge is 2.30. The van der Waals surface area contributed by atoms with Crippen LogP contribution >= 0.6 is 11.8 Å². The van der Waals surface area contributed by atoms with E-state index in [1.54, 1.807) is 37.4 Å². The molecule has 184 valence electrons. The van der Waals surface area contributed by atoms with Gasteiger partial charge in [-0.2, -0.15) is 13.2 Å². The summed E-state index contributed by atoms with van der Waals surface area (Å²) in [5, 5.41) is 2.86. The maximum absolute atomic E-state index is 12.9. The predicted molar refractivity (Wildman–Crippen MR) is 129 cm³/mol. The molecule has 0 fully saturated rings. The molecule has 0 aromatic heterocycles. The Bertz CT molecular complexity index is 1390. The van der Waals surface area contributed by atoms with Crippen LogP contribution in [0.2, 0.25) is 0 Å². The molecule has 0 atom stereocenters. The Morgan fingerprint density at radius 2 is 1.81 bits per heavy atom. The molecule has 0 aliphatic carbocycles. The van der Waals surface area contributed by atoms with E-state index in [0.717, 1.165) is 22.6 Å². The molecule has 2 aliphatic heterocycles. The van der Waals surface area contributed by atoms with Crippen molar-refractivity contribution in [2.45, 2.75) is 17.6 Å². The second kappa shape index (κ2) is 9.27. The van der Waals surface area contributed by atoms with Crippen LogP contribution in [0.3, 0.4) is 0 Å². The average molecular weight is 513 g/mol. The molecule has 3 aromatic rings. The summed E-state index contributed by atoms with van der Waals surface area (Å²) < 4.78 is 49.1. The zero-order valence-electron chi connectivity index (χ0n) is 18.9. The first-order chi connectivity index (χ1) is 17.2. The summed E-state index contributed by atoms with van der Waals surface area (Å²) in [5.41, 5.74) is 1.55. The smallest absolute Gasteiger partial charge is 0.416 e. The molecular weight excluding hydrogens is 493 g/mol. The molecule has 0 saturated heterocycles. The lowest BCUT2D eigenvalue weighted by molar-refractivity contribution is -0.137. The highest BCUT2D eigenvalue weighted by Crippen LogP contribution is 2.42. The van der Waals surface area contributed by atoms with Crippen molar-refractivity contribution in [1.29, 1.82) is 0 Å². The molecule has 0 radical (unpaired) electrons. The molecule has 2 amide bonds. The fourth-order valence-corrected chi connectivity index (χ4v) is 4.88. The third-order valence-electron chi connectivity index (χ3n) is 5.74. The first kappa shape index (κ1) is 23.8. The van der Waals surface area contributed by atoms with E-state index in [-0.39, 0.29) is 25.2 Å². The number of alkyl halides is 3. The Kier molecular flexibility index (Phi) is 6.13. The van der Waals surface area contributed by atoms with Crippen LogP contribution in [-0.2, 0) is 17.5 Å². The number of halogens is 3. The molecule has 0 saturated carbocycles. The van der Waals surface area contributed by atoms with Gasteiger partial charge in [0.1, 0.15) is 0 Å². The van der Waals surface area contributed by atoms with Crippen LogP contribution in [0.15, 0.2) is 70.5 Å². The Hall–Kier alpha value is -3.92. The summed E-state index contributed by atoms with van der Waals surface area (Å²) in [6, 6.07) is 15.1. The number of nitrogens with zero attached hydrogens (tertiary/aromatic N) is 1. The number of carbonyl (C=O) groups is 2. The zero-order valence-corrected chi connectivity index (χ0v) is 19.7. The highest BCUT2D eigenvalue weighted by atomic mass is 32.2. The molecule has 2 aliphatic rings. The van der Waals surface area contributed by atoms with Gasteiger partial charge < -0.3 is 19.7 Å². The van der Waals surface area contributed by atoms with E-state index in [1.807, 2.05) is 12.1 Å². The van der Waals surface area contributed by atoms with Crippen molar-refractivity contribution in [1.82, 2.24) is 5.32 Å². The molecule has 5 rings (SSSR count). The highest BCUT2D eigenvalue weighted by molar-refractivity contribution is 8.04. The maximum Gasteiger partial charge on any atom is 0.416 e. The number of carbonyl (C=O) groups excluding carboxylic acids is 2. The monoisotopic (exact) mass is 512 g/mol. The van der Waals surface area contributed by atoms with Crippen LogP contribution in [0.5, 0.6) is 11.5 Å². The maximum atomic E-state index is 12.9. The number of hydrogen-bond acceptors (Lipinski definition) is 5. The second-order valence-electron chi connectivity index (χ2n) is 8.15. The third kappa shape index (κ3) is 4.76. The number of benzene rings is 3. The number of amides is 2. The van der Waals surface area contributed by atoms with Crippen molar-refractivity contribution >= 4 is 35.3 Å². The first-order valence-electron chi connectivity index (χ1n) is 10.8. The normalized spacial score (nSPS) is 15.7. The number of anilines is 1. The predicted octanol–water partition coefficient (Wildman–Crippen LogP) is 5.47. The van der Waals surface area contributed by atoms with E-state index >= 15 is 0 Å². The van der Waals surface area contributed by atoms with Crippen molar-refractivity contribution in [3.05, 3.63) is 87.8 Å². The quantitative estimate of drug-likeness (QED) is 0.470. The summed E-state index contributed by atoms with van der Waals surface area (Å²) in [6.45, 7) is 0.460. The standard InChI is InChI=1S/C26H19F3N2O4S/c1-31-19-12-17(24(32)30-13-16-4-8-20-21(10-16)35-14-34-20)5-9-22(19)36-23(25(31)33)11-15-2-6-18(7-3-15)26(27,28)29/h2-12H,13-14H2,1H3,(H,30,32)/b23-11+. The van der Waals surface area contributed by atoms with E-state index in [9.17, 15) is 22.8 Å². The van der Waals surface area contributed by atoms with Gasteiger partial charge in [0.15, 0.2) is 11.5 Å². The van der Waals surface area contributed by atoms with E-state index in [2.05, 4.69) is 5.32 Å². The molecule has 0 bridgehead atoms. The van der Waals surface area contributed by atoms with Crippen molar-refractivity contribution in [3.63, 3.8) is 0 Å². The summed E-state index contributed by atoms with van der Waals surface area (Å²) >= 11 is 1.21. The molecule has 0 spiro atoms. The minimum absolute atomic E-state index is 0.172. The summed E-state index contributed by atoms with van der Waals surface area (Å²) in [5.74, 6) is 0.683. The lowest BCUT2D eigenvalue weighted by Gasteiger charge is -2.27. The van der Waals surface area contributed by atoms with Crippen LogP contribution in [0.4, 0.5) is 18.9 Å². The van der Waals surface area contributed by atoms with Gasteiger partial charge in [0.05, 0.1) is 16.2 Å². The van der Waals surface area contributed by atoms with Gasteiger partial charge in [-0.3, -0.25) is 9.59 Å². The number of ether oxygens (including phenoxy) is 2. The fraction of sp³-hybridized carbons (Fsp3) is 0.154. The largest absolute Gasteiger partial charge is 0.454 e. The summed E-state index contributed by atoms with van der Waals surface area (Å²) in [6.07, 6.45) is -2.87. The molecule has 3 aromatic carbocycles. The van der Waals surface area contributed by atoms with Gasteiger partial charge >= 0.3 is 6.18 Å². The number of likely N-dealkylation sites (N-methyl/N-ethyl adjacent to an activating group) is 1. The minimum Gasteiger partial charge on any atom is -0.454 e. The van der Waals surface area contributed by atoms with Crippen LogP contribution in [0, 0.1) is 0 Å². The topological polar surface area (TPSA) is 67.9 Å². The van der Waals surface area contributed by atoms with E-state index < -0.39 is 11.7 Å². The van der Waals surface area contributed by atoms with Crippen molar-refractivity contribution in [3.8, 4) is 11.5 Å². The van der Waals surface area contributed by atoms with Gasteiger partial charge in [-0.25, -0.2) is 0 Å². The van der Waals surface area contributed by atoms with Gasteiger partial charge in [0.2, 0.25) is 6.79 Å². The van der Waals surface area contributed by atoms with Gasteiger partial charge in [-0.15, -0.1) is 0 Å². The summed E-state index contributed by atoms with van der Waals surface area (Å²) in [7, 11) is 1.59. The van der Waals surface area contributed by atoms with Crippen LogP contribution in [-0.4, -0.2) is 25.7 Å². The number of rotatable bonds is 4. The van der Waals surface area contributed by atoms with Crippen molar-refractivity contribution in [2.24, 2.45) is 0 Å². The van der Waals surface area contributed by atoms with E-state index in [4.69, 9.17) is 9.47 Å². The van der Waals surface area contributed by atoms with Crippen molar-refractivity contribution < 1.29 is 32.2 Å². The van der Waals surface area contributed by atoms with Gasteiger partial charge in [0, 0.05) is 24.1 Å². The lowest BCUT2D eigenvalue weighted by atomic mass is 10.1. The number of hydrogen-bond donors (Lipinski definition) is 1. The van der Waals surface area contributed by atoms with Crippen LogP contribution < -0.4 is 19.7 Å². The fourth-order valence-electron chi connectivity index (χ4n) is 3.79. The first-order valence-corrected chi connectivity index (χ1v) is 11.7. The number of thioether (sulfide) groups is 1. The van der Waals surface area contributed by atoms with Gasteiger partial charge in [0.25, 0.3) is 11.8 Å². The molecule has 36 heavy (non-hydrogen) atoms. The van der Waals surface area contributed by atoms with Gasteiger partial charge in [-0.1, -0.05) is 30.0 Å². The van der Waals surface area contributed by atoms with Gasteiger partial charge in [-0.05, 0) is 59.7 Å². The van der Waals surface area contributed by atoms with Crippen LogP contribution in [0.1, 0.15) is 27.0 Å².